The quantitative estimate of drug-likeness (QED) is 0.290. The summed E-state index contributed by atoms with van der Waals surface area (Å²) in [7, 11) is 0. The first kappa shape index (κ1) is 27.5. The number of ketones is 1. The molecule has 1 unspecified atom stereocenters. The third-order valence-corrected chi connectivity index (χ3v) is 8.75. The van der Waals surface area contributed by atoms with Crippen LogP contribution in [0.1, 0.15) is 35.2 Å². The third kappa shape index (κ3) is 4.65. The number of hydrogen-bond acceptors (Lipinski definition) is 10. The fraction of sp³-hybridized carbons (Fsp3) is 0.393. The first-order chi connectivity index (χ1) is 20.7. The molecule has 2 aromatic heterocycles. The van der Waals surface area contributed by atoms with Crippen LogP contribution in [0.15, 0.2) is 36.8 Å². The summed E-state index contributed by atoms with van der Waals surface area (Å²) in [5.41, 5.74) is 0.602. The second kappa shape index (κ2) is 10.5. The third-order valence-electron chi connectivity index (χ3n) is 8.46. The second-order valence-electron chi connectivity index (χ2n) is 11.3. The predicted molar refractivity (Wildman–Crippen MR) is 145 cm³/mol. The van der Waals surface area contributed by atoms with E-state index in [2.05, 4.69) is 20.5 Å². The van der Waals surface area contributed by atoms with Gasteiger partial charge in [-0.15, -0.1) is 5.10 Å². The van der Waals surface area contributed by atoms with E-state index in [0.717, 1.165) is 0 Å². The predicted octanol–water partition coefficient (Wildman–Crippen LogP) is 2.40. The van der Waals surface area contributed by atoms with Gasteiger partial charge in [0.15, 0.2) is 24.1 Å². The molecule has 2 atom stereocenters. The monoisotopic (exact) mass is 611 g/mol. The van der Waals surface area contributed by atoms with E-state index in [1.807, 2.05) is 0 Å². The van der Waals surface area contributed by atoms with E-state index in [1.54, 1.807) is 11.0 Å². The van der Waals surface area contributed by atoms with Crippen LogP contribution >= 0.6 is 11.6 Å². The van der Waals surface area contributed by atoms with Crippen molar-refractivity contribution in [1.82, 2.24) is 30.1 Å². The summed E-state index contributed by atoms with van der Waals surface area (Å²) in [6, 6.07) is 2.83. The Balaban J connectivity index is 1.04. The maximum atomic E-state index is 15.3. The smallest absolute Gasteiger partial charge is 0.329 e. The molecular formula is C28H24ClF2N7O5. The number of carbonyl (C=O) groups excluding carboxylic acids is 3. The van der Waals surface area contributed by atoms with E-state index in [9.17, 15) is 14.4 Å². The summed E-state index contributed by atoms with van der Waals surface area (Å²) in [6.07, 6.45) is 4.90. The fourth-order valence-corrected chi connectivity index (χ4v) is 6.49. The summed E-state index contributed by atoms with van der Waals surface area (Å²) in [5, 5.41) is 10.9. The molecule has 0 radical (unpaired) electrons. The molecule has 43 heavy (non-hydrogen) atoms. The zero-order chi connectivity index (χ0) is 29.9. The molecule has 222 valence electrons. The van der Waals surface area contributed by atoms with Crippen molar-refractivity contribution >= 4 is 40.7 Å². The summed E-state index contributed by atoms with van der Waals surface area (Å²) < 4.78 is 42.3. The van der Waals surface area contributed by atoms with Crippen molar-refractivity contribution in [2.24, 2.45) is 5.41 Å². The standard InChI is InChI=1S/C28H24ClF2N7O5/c29-18-2-4-19(37-14-33-34-35-37)23(25(18)31)15-7-16-1-3-20(38(16)22(40)8-15)27(41)43-9-21(39)17-5-6-32-26(24(17)30)36-10-28(11-36)12-42-13-28/h2,4-6,8,14,16,20H,1,3,7,9-13H2/t16-,20?/m1/s1. The Bertz CT molecular complexity index is 1670. The lowest BCUT2D eigenvalue weighted by atomic mass is 9.78. The fourth-order valence-electron chi connectivity index (χ4n) is 6.33. The minimum absolute atomic E-state index is 0.0317. The lowest BCUT2D eigenvalue weighted by molar-refractivity contribution is -0.152. The van der Waals surface area contributed by atoms with Crippen LogP contribution in [0.2, 0.25) is 5.02 Å². The lowest BCUT2D eigenvalue weighted by Crippen LogP contribution is -2.66. The van der Waals surface area contributed by atoms with Gasteiger partial charge in [-0.3, -0.25) is 9.59 Å². The van der Waals surface area contributed by atoms with E-state index >= 15 is 8.78 Å². The Labute approximate surface area is 248 Å². The molecule has 7 rings (SSSR count). The number of tetrazole rings is 1. The van der Waals surface area contributed by atoms with Gasteiger partial charge < -0.3 is 19.3 Å². The van der Waals surface area contributed by atoms with Crippen LogP contribution in [0.25, 0.3) is 11.3 Å². The van der Waals surface area contributed by atoms with Crippen LogP contribution in [-0.4, -0.2) is 92.7 Å². The number of pyridine rings is 1. The number of carbonyl (C=O) groups is 3. The van der Waals surface area contributed by atoms with Crippen LogP contribution in [0.4, 0.5) is 14.6 Å². The van der Waals surface area contributed by atoms with Crippen LogP contribution in [-0.2, 0) is 19.1 Å². The normalized spacial score (nSPS) is 22.1. The van der Waals surface area contributed by atoms with Gasteiger partial charge in [-0.1, -0.05) is 11.6 Å². The maximum absolute atomic E-state index is 15.3. The van der Waals surface area contributed by atoms with Gasteiger partial charge in [0.2, 0.25) is 11.7 Å². The molecule has 3 fully saturated rings. The number of hydrogen-bond donors (Lipinski definition) is 0. The number of fused-ring (bicyclic) bond motifs is 1. The SMILES string of the molecule is O=C(COC(=O)C1CC[C@@H]2CC(c3c(-n4cnnn4)ccc(Cl)c3F)=CC(=O)N12)c1ccnc(N2CC3(COC3)C2)c1F. The first-order valence-electron chi connectivity index (χ1n) is 13.7. The average molecular weight is 612 g/mol. The molecule has 12 nitrogen and oxygen atoms in total. The van der Waals surface area contributed by atoms with Crippen molar-refractivity contribution in [3.8, 4) is 5.69 Å². The molecule has 0 saturated carbocycles. The van der Waals surface area contributed by atoms with Gasteiger partial charge in [0.25, 0.3) is 0 Å². The van der Waals surface area contributed by atoms with Gasteiger partial charge in [0, 0.05) is 37.0 Å². The molecule has 0 N–H and O–H groups in total. The summed E-state index contributed by atoms with van der Waals surface area (Å²) in [4.78, 5) is 46.4. The van der Waals surface area contributed by atoms with Gasteiger partial charge >= 0.3 is 5.97 Å². The minimum atomic E-state index is -0.939. The number of anilines is 1. The molecule has 3 saturated heterocycles. The van der Waals surface area contributed by atoms with E-state index in [1.165, 1.54) is 40.3 Å². The molecule has 4 aliphatic heterocycles. The van der Waals surface area contributed by atoms with Crippen molar-refractivity contribution in [3.05, 3.63) is 64.6 Å². The van der Waals surface area contributed by atoms with Gasteiger partial charge in [-0.25, -0.2) is 18.6 Å². The van der Waals surface area contributed by atoms with Crippen molar-refractivity contribution < 1.29 is 32.6 Å². The van der Waals surface area contributed by atoms with E-state index in [4.69, 9.17) is 21.1 Å². The van der Waals surface area contributed by atoms with Gasteiger partial charge in [-0.05, 0) is 53.5 Å². The number of ether oxygens (including phenoxy) is 2. The Morgan fingerprint density at radius 3 is 2.67 bits per heavy atom. The van der Waals surface area contributed by atoms with Crippen molar-refractivity contribution in [3.63, 3.8) is 0 Å². The Hall–Kier alpha value is -4.30. The molecule has 6 heterocycles. The number of amides is 1. The van der Waals surface area contributed by atoms with Gasteiger partial charge in [0.1, 0.15) is 12.4 Å². The van der Waals surface area contributed by atoms with Crippen molar-refractivity contribution in [2.45, 2.75) is 31.3 Å². The van der Waals surface area contributed by atoms with E-state index < -0.39 is 48.0 Å². The number of halogens is 3. The average Bonchev–Trinajstić information content (AvgIpc) is 3.63. The molecule has 4 aliphatic rings. The van der Waals surface area contributed by atoms with Crippen LogP contribution in [0.3, 0.4) is 0 Å². The number of Topliss-reactive ketones (excluding diaryl/α,β-unsaturated/α-hetero) is 1. The molecular weight excluding hydrogens is 588 g/mol. The largest absolute Gasteiger partial charge is 0.456 e. The highest BCUT2D eigenvalue weighted by atomic mass is 35.5. The first-order valence-corrected chi connectivity index (χ1v) is 14.0. The van der Waals surface area contributed by atoms with Gasteiger partial charge in [0.05, 0.1) is 34.9 Å². The van der Waals surface area contributed by atoms with E-state index in [0.29, 0.717) is 44.0 Å². The summed E-state index contributed by atoms with van der Waals surface area (Å²) in [5.74, 6) is -3.40. The molecule has 0 bridgehead atoms. The minimum Gasteiger partial charge on any atom is -0.456 e. The molecule has 0 aliphatic carbocycles. The second-order valence-corrected chi connectivity index (χ2v) is 11.7. The molecule has 1 aromatic carbocycles. The number of nitrogens with zero attached hydrogens (tertiary/aromatic N) is 7. The van der Waals surface area contributed by atoms with Crippen LogP contribution < -0.4 is 4.90 Å². The molecule has 15 heteroatoms. The Morgan fingerprint density at radius 1 is 1.14 bits per heavy atom. The highest BCUT2D eigenvalue weighted by Gasteiger charge is 2.50. The molecule has 3 aromatic rings. The zero-order valence-corrected chi connectivity index (χ0v) is 23.3. The lowest BCUT2D eigenvalue weighted by Gasteiger charge is -2.55. The zero-order valence-electron chi connectivity index (χ0n) is 22.6. The summed E-state index contributed by atoms with van der Waals surface area (Å²) in [6.45, 7) is 1.74. The van der Waals surface area contributed by atoms with Gasteiger partial charge in [-0.2, -0.15) is 4.68 Å². The topological polar surface area (TPSA) is 133 Å². The molecule has 1 amide bonds. The summed E-state index contributed by atoms with van der Waals surface area (Å²) >= 11 is 6.07. The maximum Gasteiger partial charge on any atom is 0.329 e. The Morgan fingerprint density at radius 2 is 1.95 bits per heavy atom. The van der Waals surface area contributed by atoms with E-state index in [-0.39, 0.29) is 40.2 Å². The number of rotatable bonds is 7. The number of aromatic nitrogens is 5. The highest BCUT2D eigenvalue weighted by Crippen LogP contribution is 2.41. The Kier molecular flexibility index (Phi) is 6.69. The molecule has 1 spiro atoms. The number of benzene rings is 1. The van der Waals surface area contributed by atoms with Crippen LogP contribution in [0, 0.1) is 17.0 Å². The van der Waals surface area contributed by atoms with Crippen LogP contribution in [0.5, 0.6) is 0 Å². The highest BCUT2D eigenvalue weighted by molar-refractivity contribution is 6.31. The van der Waals surface area contributed by atoms with Crippen molar-refractivity contribution in [1.29, 1.82) is 0 Å². The number of esters is 1. The van der Waals surface area contributed by atoms with Crippen molar-refractivity contribution in [2.75, 3.05) is 37.8 Å².